The molecule has 71 heavy (non-hydrogen) atoms. The van der Waals surface area contributed by atoms with Gasteiger partial charge in [-0.25, -0.2) is 9.18 Å². The first-order valence-electron chi connectivity index (χ1n) is 23.6. The zero-order valence-electron chi connectivity index (χ0n) is 40.1. The second-order valence-corrected chi connectivity index (χ2v) is 18.8. The first kappa shape index (κ1) is 54.1. The van der Waals surface area contributed by atoms with Gasteiger partial charge in [-0.15, -0.1) is 0 Å². The van der Waals surface area contributed by atoms with Gasteiger partial charge in [0.05, 0.1) is 36.2 Å². The van der Waals surface area contributed by atoms with E-state index in [0.29, 0.717) is 46.3 Å². The number of rotatable bonds is 19. The quantitative estimate of drug-likeness (QED) is 0.0413. The van der Waals surface area contributed by atoms with Crippen molar-refractivity contribution in [1.82, 2.24) is 26.6 Å². The summed E-state index contributed by atoms with van der Waals surface area (Å²) in [7, 11) is 0. The number of esters is 1. The van der Waals surface area contributed by atoms with Gasteiger partial charge < -0.3 is 73.0 Å². The summed E-state index contributed by atoms with van der Waals surface area (Å²) in [5, 5.41) is 53.9. The molecule has 23 heteroatoms. The van der Waals surface area contributed by atoms with E-state index >= 15 is 0 Å². The number of allylic oxidation sites excluding steroid dienone is 2. The number of nitrogens with one attached hydrogen (secondary N) is 6. The van der Waals surface area contributed by atoms with E-state index in [-0.39, 0.29) is 67.9 Å². The smallest absolute Gasteiger partial charge is 0.343 e. The zero-order valence-corrected chi connectivity index (χ0v) is 40.1. The topological polar surface area (TPSA) is 361 Å². The van der Waals surface area contributed by atoms with Crippen molar-refractivity contribution in [1.29, 1.82) is 5.41 Å². The maximum atomic E-state index is 14.8. The maximum Gasteiger partial charge on any atom is 0.343 e. The number of carbonyl (C=O) groups is 8. The summed E-state index contributed by atoms with van der Waals surface area (Å²) < 4.78 is 30.9. The van der Waals surface area contributed by atoms with E-state index in [2.05, 4.69) is 26.6 Å². The summed E-state index contributed by atoms with van der Waals surface area (Å²) in [5.41, 5.74) is 12.4. The van der Waals surface area contributed by atoms with Crippen LogP contribution in [0.5, 0.6) is 0 Å². The van der Waals surface area contributed by atoms with Crippen molar-refractivity contribution in [3.8, 4) is 0 Å². The number of amides is 6. The van der Waals surface area contributed by atoms with E-state index < -0.39 is 127 Å². The lowest BCUT2D eigenvalue weighted by Crippen LogP contribution is -2.57. The number of fused-ring (bicyclic) bond motifs is 2. The summed E-state index contributed by atoms with van der Waals surface area (Å²) in [6.45, 7) is 6.46. The summed E-state index contributed by atoms with van der Waals surface area (Å²) >= 11 is 0. The first-order valence-corrected chi connectivity index (χ1v) is 23.6. The van der Waals surface area contributed by atoms with Crippen molar-refractivity contribution in [3.63, 3.8) is 0 Å². The summed E-state index contributed by atoms with van der Waals surface area (Å²) in [4.78, 5) is 103. The Morgan fingerprint density at radius 2 is 1.69 bits per heavy atom. The lowest BCUT2D eigenvalue weighted by molar-refractivity contribution is -0.163. The first-order chi connectivity index (χ1) is 33.5. The number of carbonyl (C=O) groups excluding carboxylic acids is 8. The molecule has 1 aromatic rings. The number of hydrogen-bond donors (Lipinski definition) is 11. The van der Waals surface area contributed by atoms with Gasteiger partial charge >= 0.3 is 5.97 Å². The van der Waals surface area contributed by atoms with Crippen molar-refractivity contribution in [3.05, 3.63) is 63.0 Å². The fourth-order valence-electron chi connectivity index (χ4n) is 9.56. The zero-order chi connectivity index (χ0) is 52.2. The highest BCUT2D eigenvalue weighted by Crippen LogP contribution is 2.48. The highest BCUT2D eigenvalue weighted by atomic mass is 19.1. The Hall–Kier alpha value is -6.24. The SMILES string of the molecule is CC[C@@]1(O)C(=O)OCC2=C1C=C1C(=N)/C(=C3\c4ccc(F)c(C)c4CC[C@@H]3NC(=O)COCNC(=O)[C@H](C)NC(=O)[C@@H](NC(=O)[C@@H](N)CCC(=O)NC[C@H]3O[C@@H](CC(N)=O)[C@H](O)[C@@H]3O)C(C)C)CC1C2=O. The number of cyclic esters (lactones) is 1. The normalized spacial score (nSPS) is 27.1. The molecule has 0 bridgehead atoms. The van der Waals surface area contributed by atoms with Crippen LogP contribution in [0, 0.1) is 30.0 Å². The lowest BCUT2D eigenvalue weighted by atomic mass is 9.75. The second-order valence-electron chi connectivity index (χ2n) is 18.8. The monoisotopic (exact) mass is 994 g/mol. The molecule has 0 aromatic heterocycles. The molecule has 10 atom stereocenters. The molecule has 2 fully saturated rings. The fourth-order valence-corrected chi connectivity index (χ4v) is 9.56. The molecule has 13 N–H and O–H groups in total. The molecule has 6 amide bonds. The van der Waals surface area contributed by atoms with Crippen LogP contribution in [0.25, 0.3) is 5.57 Å². The number of halogens is 1. The maximum absolute atomic E-state index is 14.8. The number of nitrogens with two attached hydrogens (primary N) is 2. The minimum absolute atomic E-state index is 0.00254. The molecule has 0 spiro atoms. The molecule has 1 aromatic carbocycles. The Balaban J connectivity index is 0.990. The van der Waals surface area contributed by atoms with Gasteiger partial charge in [-0.2, -0.15) is 0 Å². The molecule has 22 nitrogen and oxygen atoms in total. The van der Waals surface area contributed by atoms with E-state index in [1.165, 1.54) is 19.1 Å². The van der Waals surface area contributed by atoms with Gasteiger partial charge in [-0.1, -0.05) is 26.8 Å². The molecule has 386 valence electrons. The molecule has 6 rings (SSSR count). The number of ether oxygens (including phenoxy) is 3. The van der Waals surface area contributed by atoms with Gasteiger partial charge in [0.2, 0.25) is 35.4 Å². The van der Waals surface area contributed by atoms with Crippen LogP contribution < -0.4 is 38.1 Å². The van der Waals surface area contributed by atoms with E-state index in [1.807, 2.05) is 0 Å². The standard InChI is InChI=1S/C48H63FN8O14/c1-6-48(68)29-14-25-26(41(61)28(29)17-70-47(48)67)13-27(39(25)52)38-24-7-9-30(49)21(4)23(24)8-11-32(38)56-37(60)18-69-19-54-44(64)22(5)55-46(66)40(20(2)3)57-45(65)31(50)10-12-36(59)53-16-34-43(63)42(62)33(71-34)15-35(51)58/h7,9,14,20,22,26,31-34,40,42-43,52,62-63,68H,6,8,10-13,15-19,50H2,1-5H3,(H2,51,58)(H,53,59)(H,54,64)(H,55,66)(H,56,60)(H,57,65)/b38-27+,52-39?/t22-,26?,31-,32-,33-,34+,40-,42-,43+,48-/m0/s1. The Bertz CT molecular complexity index is 2470. The Kier molecular flexibility index (Phi) is 17.1. The van der Waals surface area contributed by atoms with Crippen LogP contribution in [0.1, 0.15) is 82.9 Å². The number of benzene rings is 1. The molecule has 3 aliphatic carbocycles. The summed E-state index contributed by atoms with van der Waals surface area (Å²) in [6.07, 6.45) is -3.22. The third kappa shape index (κ3) is 11.6. The van der Waals surface area contributed by atoms with Gasteiger partial charge in [0.15, 0.2) is 11.4 Å². The Labute approximate surface area is 408 Å². The Morgan fingerprint density at radius 3 is 2.37 bits per heavy atom. The number of hydrogen-bond acceptors (Lipinski definition) is 16. The van der Waals surface area contributed by atoms with Crippen LogP contribution in [0.15, 0.2) is 40.5 Å². The summed E-state index contributed by atoms with van der Waals surface area (Å²) in [5.74, 6) is -6.95. The molecule has 5 aliphatic rings. The third-order valence-corrected chi connectivity index (χ3v) is 13.7. The minimum atomic E-state index is -2.06. The van der Waals surface area contributed by atoms with Crippen molar-refractivity contribution < 1.29 is 72.3 Å². The molecule has 2 heterocycles. The van der Waals surface area contributed by atoms with Crippen LogP contribution in [-0.2, 0) is 59.0 Å². The van der Waals surface area contributed by atoms with Crippen molar-refractivity contribution in [2.75, 3.05) is 26.5 Å². The third-order valence-electron chi connectivity index (χ3n) is 13.7. The van der Waals surface area contributed by atoms with Crippen molar-refractivity contribution in [2.24, 2.45) is 23.3 Å². The minimum Gasteiger partial charge on any atom is -0.458 e. The average Bonchev–Trinajstić information content (AvgIpc) is 3.79. The number of Topliss-reactive ketones (excluding diaryl/α,β-unsaturated/α-hetero) is 1. The molecular formula is C48H63FN8O14. The highest BCUT2D eigenvalue weighted by molar-refractivity contribution is 6.24. The Morgan fingerprint density at radius 1 is 0.986 bits per heavy atom. The van der Waals surface area contributed by atoms with Crippen molar-refractivity contribution >= 4 is 58.5 Å². The second kappa shape index (κ2) is 22.5. The number of ketones is 1. The van der Waals surface area contributed by atoms with Gasteiger partial charge in [0, 0.05) is 24.1 Å². The van der Waals surface area contributed by atoms with Crippen molar-refractivity contribution in [2.45, 2.75) is 134 Å². The van der Waals surface area contributed by atoms with E-state index in [1.54, 1.807) is 33.8 Å². The van der Waals surface area contributed by atoms with E-state index in [4.69, 9.17) is 25.7 Å². The van der Waals surface area contributed by atoms with Gasteiger partial charge in [0.1, 0.15) is 56.2 Å². The molecular weight excluding hydrogens is 932 g/mol. The van der Waals surface area contributed by atoms with Crippen LogP contribution in [0.2, 0.25) is 0 Å². The number of aliphatic hydroxyl groups is 3. The van der Waals surface area contributed by atoms with Gasteiger partial charge in [-0.05, 0) is 97.4 Å². The van der Waals surface area contributed by atoms with Crippen LogP contribution >= 0.6 is 0 Å². The van der Waals surface area contributed by atoms with E-state index in [0.717, 1.165) is 0 Å². The van der Waals surface area contributed by atoms with E-state index in [9.17, 15) is 63.5 Å². The van der Waals surface area contributed by atoms with Crippen LogP contribution in [-0.4, -0.2) is 149 Å². The molecule has 2 aliphatic heterocycles. The largest absolute Gasteiger partial charge is 0.458 e. The lowest BCUT2D eigenvalue weighted by Gasteiger charge is -2.35. The van der Waals surface area contributed by atoms with Gasteiger partial charge in [-0.3, -0.25) is 33.6 Å². The van der Waals surface area contributed by atoms with Gasteiger partial charge in [0.25, 0.3) is 0 Å². The molecule has 1 saturated heterocycles. The van der Waals surface area contributed by atoms with Crippen LogP contribution in [0.3, 0.4) is 0 Å². The number of primary amides is 1. The number of aliphatic hydroxyl groups excluding tert-OH is 2. The summed E-state index contributed by atoms with van der Waals surface area (Å²) in [6, 6.07) is -1.30. The molecule has 1 unspecified atom stereocenters. The predicted molar refractivity (Wildman–Crippen MR) is 248 cm³/mol. The average molecular weight is 995 g/mol. The molecule has 0 radical (unpaired) electrons. The molecule has 1 saturated carbocycles. The van der Waals surface area contributed by atoms with Crippen LogP contribution in [0.4, 0.5) is 4.39 Å². The fraction of sp³-hybridized carbons (Fsp3) is 0.562. The predicted octanol–water partition coefficient (Wildman–Crippen LogP) is -1.81. The highest BCUT2D eigenvalue weighted by Gasteiger charge is 2.51.